The zero-order valence-electron chi connectivity index (χ0n) is 19.9. The number of rotatable bonds is 3. The molecular weight excluding hydrogens is 432 g/mol. The zero-order valence-corrected chi connectivity index (χ0v) is 19.9. The third-order valence-electron chi connectivity index (χ3n) is 7.17. The van der Waals surface area contributed by atoms with E-state index in [9.17, 15) is 9.59 Å². The van der Waals surface area contributed by atoms with Crippen LogP contribution in [0.15, 0.2) is 90.6 Å². The standard InChI is InChI=1S/C31H26N2O2/c1-20-14-15-25(21(2)18-20)28-29(32-17-16-22-8-3-4-10-24(22)19-32)31(35)33(30(28)34)27-13-7-11-23-9-5-6-12-26(23)27/h3-15,18H,16-17,19H2,1-2H3. The van der Waals surface area contributed by atoms with Crippen molar-refractivity contribution in [2.24, 2.45) is 0 Å². The highest BCUT2D eigenvalue weighted by Crippen LogP contribution is 2.40. The highest BCUT2D eigenvalue weighted by atomic mass is 16.2. The smallest absolute Gasteiger partial charge is 0.282 e. The fourth-order valence-electron chi connectivity index (χ4n) is 5.46. The molecule has 0 spiro atoms. The number of aryl methyl sites for hydroxylation is 2. The van der Waals surface area contributed by atoms with Gasteiger partial charge in [-0.2, -0.15) is 0 Å². The molecule has 4 aromatic carbocycles. The van der Waals surface area contributed by atoms with E-state index >= 15 is 0 Å². The van der Waals surface area contributed by atoms with Gasteiger partial charge in [-0.3, -0.25) is 9.59 Å². The highest BCUT2D eigenvalue weighted by Gasteiger charge is 2.43. The molecule has 0 aliphatic carbocycles. The summed E-state index contributed by atoms with van der Waals surface area (Å²) in [5.74, 6) is -0.507. The molecule has 2 aliphatic heterocycles. The van der Waals surface area contributed by atoms with Crippen molar-refractivity contribution in [2.45, 2.75) is 26.8 Å². The van der Waals surface area contributed by atoms with E-state index in [1.54, 1.807) is 0 Å². The molecule has 0 N–H and O–H groups in total. The number of amides is 2. The van der Waals surface area contributed by atoms with Crippen molar-refractivity contribution in [1.29, 1.82) is 0 Å². The SMILES string of the molecule is Cc1ccc(C2=C(N3CCc4ccccc4C3)C(=O)N(c3cccc4ccccc34)C2=O)c(C)c1. The minimum atomic E-state index is -0.257. The summed E-state index contributed by atoms with van der Waals surface area (Å²) in [4.78, 5) is 31.7. The quantitative estimate of drug-likeness (QED) is 0.364. The second-order valence-corrected chi connectivity index (χ2v) is 9.43. The third-order valence-corrected chi connectivity index (χ3v) is 7.17. The van der Waals surface area contributed by atoms with E-state index in [0.29, 0.717) is 30.0 Å². The van der Waals surface area contributed by atoms with Gasteiger partial charge in [0.1, 0.15) is 5.70 Å². The Morgan fingerprint density at radius 3 is 2.31 bits per heavy atom. The first-order valence-electron chi connectivity index (χ1n) is 12.0. The first kappa shape index (κ1) is 21.4. The van der Waals surface area contributed by atoms with Gasteiger partial charge in [-0.05, 0) is 54.0 Å². The van der Waals surface area contributed by atoms with Crippen LogP contribution in [0.2, 0.25) is 0 Å². The summed E-state index contributed by atoms with van der Waals surface area (Å²) < 4.78 is 0. The van der Waals surface area contributed by atoms with Crippen molar-refractivity contribution in [1.82, 2.24) is 4.90 Å². The molecule has 0 unspecified atom stereocenters. The number of anilines is 1. The summed E-state index contributed by atoms with van der Waals surface area (Å²) in [6.07, 6.45) is 0.843. The molecule has 2 amide bonds. The Kier molecular flexibility index (Phi) is 5.03. The Morgan fingerprint density at radius 2 is 1.49 bits per heavy atom. The van der Waals surface area contributed by atoms with Crippen molar-refractivity contribution in [3.05, 3.63) is 118 Å². The molecule has 0 fully saturated rings. The minimum absolute atomic E-state index is 0.249. The van der Waals surface area contributed by atoms with Crippen LogP contribution in [-0.4, -0.2) is 23.3 Å². The van der Waals surface area contributed by atoms with Gasteiger partial charge in [0, 0.05) is 18.5 Å². The molecule has 0 saturated carbocycles. The van der Waals surface area contributed by atoms with E-state index < -0.39 is 0 Å². The average Bonchev–Trinajstić information content (AvgIpc) is 3.13. The molecule has 2 heterocycles. The number of carbonyl (C=O) groups is 2. The molecule has 4 aromatic rings. The van der Waals surface area contributed by atoms with Crippen molar-refractivity contribution in [3.63, 3.8) is 0 Å². The van der Waals surface area contributed by atoms with Crippen LogP contribution >= 0.6 is 0 Å². The van der Waals surface area contributed by atoms with Crippen LogP contribution in [0.4, 0.5) is 5.69 Å². The summed E-state index contributed by atoms with van der Waals surface area (Å²) >= 11 is 0. The number of hydrogen-bond acceptors (Lipinski definition) is 3. The second-order valence-electron chi connectivity index (χ2n) is 9.43. The predicted molar refractivity (Wildman–Crippen MR) is 140 cm³/mol. The molecule has 0 radical (unpaired) electrons. The third kappa shape index (κ3) is 3.45. The van der Waals surface area contributed by atoms with Crippen LogP contribution < -0.4 is 4.90 Å². The first-order valence-corrected chi connectivity index (χ1v) is 12.0. The molecular formula is C31H26N2O2. The minimum Gasteiger partial charge on any atom is -0.362 e. The van der Waals surface area contributed by atoms with Gasteiger partial charge in [0.15, 0.2) is 0 Å². The molecule has 4 heteroatoms. The fraction of sp³-hybridized carbons (Fsp3) is 0.161. The second kappa shape index (κ2) is 8.24. The first-order chi connectivity index (χ1) is 17.0. The van der Waals surface area contributed by atoms with Gasteiger partial charge >= 0.3 is 0 Å². The summed E-state index contributed by atoms with van der Waals surface area (Å²) in [7, 11) is 0. The molecule has 0 saturated heterocycles. The highest BCUT2D eigenvalue weighted by molar-refractivity contribution is 6.46. The zero-order chi connectivity index (χ0) is 24.1. The van der Waals surface area contributed by atoms with E-state index in [1.807, 2.05) is 74.5 Å². The fourth-order valence-corrected chi connectivity index (χ4v) is 5.46. The van der Waals surface area contributed by atoms with Gasteiger partial charge in [-0.1, -0.05) is 84.4 Å². The topological polar surface area (TPSA) is 40.6 Å². The molecule has 0 atom stereocenters. The van der Waals surface area contributed by atoms with E-state index in [2.05, 4.69) is 29.2 Å². The summed E-state index contributed by atoms with van der Waals surface area (Å²) in [6.45, 7) is 5.36. The molecule has 0 bridgehead atoms. The van der Waals surface area contributed by atoms with Crippen LogP contribution in [0.25, 0.3) is 16.3 Å². The lowest BCUT2D eigenvalue weighted by molar-refractivity contribution is -0.120. The Labute approximate surface area is 205 Å². The van der Waals surface area contributed by atoms with E-state index in [-0.39, 0.29) is 11.8 Å². The van der Waals surface area contributed by atoms with Gasteiger partial charge in [-0.15, -0.1) is 0 Å². The molecule has 4 nitrogen and oxygen atoms in total. The van der Waals surface area contributed by atoms with Gasteiger partial charge in [0.25, 0.3) is 11.8 Å². The van der Waals surface area contributed by atoms with Crippen LogP contribution in [0.1, 0.15) is 27.8 Å². The molecule has 2 aliphatic rings. The van der Waals surface area contributed by atoms with Crippen LogP contribution in [0.3, 0.4) is 0 Å². The van der Waals surface area contributed by atoms with E-state index in [1.165, 1.54) is 16.0 Å². The monoisotopic (exact) mass is 458 g/mol. The van der Waals surface area contributed by atoms with E-state index in [0.717, 1.165) is 33.9 Å². The van der Waals surface area contributed by atoms with Crippen molar-refractivity contribution in [2.75, 3.05) is 11.4 Å². The maximum Gasteiger partial charge on any atom is 0.282 e. The Balaban J connectivity index is 1.53. The maximum atomic E-state index is 14.1. The number of imide groups is 1. The van der Waals surface area contributed by atoms with Gasteiger partial charge in [0.05, 0.1) is 11.3 Å². The summed E-state index contributed by atoms with van der Waals surface area (Å²) in [6, 6.07) is 28.1. The number of fused-ring (bicyclic) bond motifs is 2. The predicted octanol–water partition coefficient (Wildman–Crippen LogP) is 5.80. The molecule has 6 rings (SSSR count). The molecule has 0 aromatic heterocycles. The average molecular weight is 459 g/mol. The Morgan fingerprint density at radius 1 is 0.743 bits per heavy atom. The van der Waals surface area contributed by atoms with Gasteiger partial charge in [-0.25, -0.2) is 4.90 Å². The Hall–Kier alpha value is -4.18. The molecule has 172 valence electrons. The lowest BCUT2D eigenvalue weighted by Gasteiger charge is -2.31. The lowest BCUT2D eigenvalue weighted by atomic mass is 9.95. The van der Waals surface area contributed by atoms with Crippen molar-refractivity contribution >= 4 is 33.8 Å². The summed E-state index contributed by atoms with van der Waals surface area (Å²) in [5, 5.41) is 1.89. The van der Waals surface area contributed by atoms with E-state index in [4.69, 9.17) is 0 Å². The van der Waals surface area contributed by atoms with Crippen molar-refractivity contribution in [3.8, 4) is 0 Å². The number of carbonyl (C=O) groups excluding carboxylic acids is 2. The van der Waals surface area contributed by atoms with Crippen LogP contribution in [0.5, 0.6) is 0 Å². The number of hydrogen-bond donors (Lipinski definition) is 0. The van der Waals surface area contributed by atoms with Gasteiger partial charge in [0.2, 0.25) is 0 Å². The van der Waals surface area contributed by atoms with Crippen molar-refractivity contribution < 1.29 is 9.59 Å². The number of benzene rings is 4. The largest absolute Gasteiger partial charge is 0.362 e. The van der Waals surface area contributed by atoms with Crippen LogP contribution in [0, 0.1) is 13.8 Å². The summed E-state index contributed by atoms with van der Waals surface area (Å²) in [5.41, 5.74) is 7.09. The maximum absolute atomic E-state index is 14.1. The normalized spacial score (nSPS) is 15.8. The number of nitrogens with zero attached hydrogens (tertiary/aromatic N) is 2. The van der Waals surface area contributed by atoms with Crippen LogP contribution in [-0.2, 0) is 22.6 Å². The lowest BCUT2D eigenvalue weighted by Crippen LogP contribution is -2.37. The molecule has 35 heavy (non-hydrogen) atoms. The van der Waals surface area contributed by atoms with Gasteiger partial charge < -0.3 is 4.90 Å². The Bertz CT molecular complexity index is 1540.